The van der Waals surface area contributed by atoms with Crippen molar-refractivity contribution >= 4 is 27.6 Å². The third-order valence-electron chi connectivity index (χ3n) is 3.00. The van der Waals surface area contributed by atoms with Crippen LogP contribution < -0.4 is 44.3 Å². The van der Waals surface area contributed by atoms with Crippen molar-refractivity contribution in [2.24, 2.45) is 0 Å². The van der Waals surface area contributed by atoms with Crippen LogP contribution in [-0.2, 0) is 10.0 Å². The van der Waals surface area contributed by atoms with Crippen molar-refractivity contribution in [3.8, 4) is 6.01 Å². The van der Waals surface area contributed by atoms with Crippen molar-refractivity contribution in [3.05, 3.63) is 42.2 Å². The average Bonchev–Trinajstić information content (AvgIpc) is 2.53. The number of amides is 2. The number of carbonyl (C=O) groups is 1. The van der Waals surface area contributed by atoms with Crippen molar-refractivity contribution in [3.63, 3.8) is 0 Å². The smallest absolute Gasteiger partial charge is 1.00 e. The van der Waals surface area contributed by atoms with Gasteiger partial charge in [-0.25, -0.2) is 17.9 Å². The molecule has 0 bridgehead atoms. The number of aryl methyl sites for hydroxylation is 1. The van der Waals surface area contributed by atoms with Crippen LogP contribution in [-0.4, -0.2) is 36.5 Å². The second-order valence-electron chi connectivity index (χ2n) is 5.03. The van der Waals surface area contributed by atoms with E-state index in [1.165, 1.54) is 13.2 Å². The predicted octanol–water partition coefficient (Wildman–Crippen LogP) is -1.15. The number of ether oxygens (including phenoxy) is 1. The minimum atomic E-state index is -4.11. The van der Waals surface area contributed by atoms with Gasteiger partial charge in [-0.15, -0.1) is 0 Å². The standard InChI is InChI=1S/C15H17N5O4S.Na.H/c1-9(2)11-7-5-6-8-12(11)25(22,23)20-14(21)18-13-16-10(3)17-15(19-13)24-4;;/h5-8H,1H2,2-4H3,(H2,16,17,18,19,20,21);;/q;+1;-1. The van der Waals surface area contributed by atoms with E-state index in [2.05, 4.69) is 26.8 Å². The number of methoxy groups -OCH3 is 1. The number of anilines is 1. The number of carbonyl (C=O) groups excluding carboxylic acids is 1. The molecule has 0 unspecified atom stereocenters. The Bertz CT molecular complexity index is 940. The van der Waals surface area contributed by atoms with Gasteiger partial charge in [-0.05, 0) is 31.1 Å². The zero-order chi connectivity index (χ0) is 18.6. The summed E-state index contributed by atoms with van der Waals surface area (Å²) in [5, 5.41) is 2.24. The van der Waals surface area contributed by atoms with Crippen LogP contribution in [0.25, 0.3) is 5.57 Å². The molecule has 1 heterocycles. The van der Waals surface area contributed by atoms with Gasteiger partial charge in [-0.1, -0.05) is 24.8 Å². The first-order valence-corrected chi connectivity index (χ1v) is 8.56. The van der Waals surface area contributed by atoms with Crippen LogP contribution >= 0.6 is 0 Å². The maximum atomic E-state index is 12.5. The van der Waals surface area contributed by atoms with E-state index in [1.807, 2.05) is 4.72 Å². The fourth-order valence-electron chi connectivity index (χ4n) is 1.96. The van der Waals surface area contributed by atoms with Crippen molar-refractivity contribution in [1.82, 2.24) is 19.7 Å². The molecule has 9 nitrogen and oxygen atoms in total. The van der Waals surface area contributed by atoms with Gasteiger partial charge in [0.1, 0.15) is 5.82 Å². The zero-order valence-electron chi connectivity index (χ0n) is 15.9. The van der Waals surface area contributed by atoms with Gasteiger partial charge in [0, 0.05) is 0 Å². The first-order valence-electron chi connectivity index (χ1n) is 7.08. The van der Waals surface area contributed by atoms with Gasteiger partial charge in [-0.2, -0.15) is 15.0 Å². The number of hydrogen-bond donors (Lipinski definition) is 2. The van der Waals surface area contributed by atoms with E-state index in [0.29, 0.717) is 17.0 Å². The Morgan fingerprint density at radius 3 is 2.50 bits per heavy atom. The molecular weight excluding hydrogens is 369 g/mol. The van der Waals surface area contributed by atoms with Gasteiger partial charge >= 0.3 is 41.6 Å². The maximum Gasteiger partial charge on any atom is 1.00 e. The molecule has 2 amide bonds. The van der Waals surface area contributed by atoms with Crippen LogP contribution in [0.1, 0.15) is 19.7 Å². The molecular formula is C15H18N5NaO4S. The number of nitrogens with one attached hydrogen (secondary N) is 2. The minimum Gasteiger partial charge on any atom is -1.00 e. The van der Waals surface area contributed by atoms with Crippen LogP contribution in [0, 0.1) is 6.92 Å². The molecule has 0 aliphatic carbocycles. The predicted molar refractivity (Wildman–Crippen MR) is 92.7 cm³/mol. The largest absolute Gasteiger partial charge is 1.00 e. The molecule has 1 aromatic heterocycles. The Morgan fingerprint density at radius 1 is 1.23 bits per heavy atom. The second kappa shape index (κ2) is 9.08. The molecule has 2 aromatic rings. The Balaban J connectivity index is 0.00000338. The van der Waals surface area contributed by atoms with Crippen LogP contribution in [0.5, 0.6) is 6.01 Å². The molecule has 26 heavy (non-hydrogen) atoms. The molecule has 0 saturated heterocycles. The van der Waals surface area contributed by atoms with Crippen molar-refractivity contribution in [1.29, 1.82) is 0 Å². The number of sulfonamides is 1. The molecule has 0 spiro atoms. The molecule has 11 heteroatoms. The number of hydrogen-bond acceptors (Lipinski definition) is 7. The molecule has 0 atom stereocenters. The van der Waals surface area contributed by atoms with Gasteiger partial charge in [0.25, 0.3) is 10.0 Å². The Labute approximate surface area is 175 Å². The molecule has 0 radical (unpaired) electrons. The van der Waals surface area contributed by atoms with Crippen LogP contribution in [0.2, 0.25) is 0 Å². The molecule has 1 aromatic carbocycles. The fraction of sp³-hybridized carbons (Fsp3) is 0.200. The summed E-state index contributed by atoms with van der Waals surface area (Å²) in [6, 6.07) is 5.22. The van der Waals surface area contributed by atoms with Crippen molar-refractivity contribution in [2.45, 2.75) is 18.7 Å². The van der Waals surface area contributed by atoms with E-state index >= 15 is 0 Å². The van der Waals surface area contributed by atoms with E-state index < -0.39 is 16.1 Å². The molecule has 0 fully saturated rings. The van der Waals surface area contributed by atoms with Gasteiger partial charge in [0.2, 0.25) is 5.95 Å². The van der Waals surface area contributed by atoms with Gasteiger partial charge in [0.05, 0.1) is 12.0 Å². The van der Waals surface area contributed by atoms with Crippen LogP contribution in [0.3, 0.4) is 0 Å². The van der Waals surface area contributed by atoms with Crippen LogP contribution in [0.4, 0.5) is 10.7 Å². The number of urea groups is 1. The quantitative estimate of drug-likeness (QED) is 0.621. The number of benzene rings is 1. The summed E-state index contributed by atoms with van der Waals surface area (Å²) < 4.78 is 31.7. The van der Waals surface area contributed by atoms with E-state index in [9.17, 15) is 13.2 Å². The number of aromatic nitrogens is 3. The Kier molecular flexibility index (Phi) is 7.69. The SMILES string of the molecule is C=C(C)c1ccccc1S(=O)(=O)NC(=O)Nc1nc(C)nc(OC)n1.[H-].[Na+]. The molecule has 2 N–H and O–H groups in total. The van der Waals surface area contributed by atoms with E-state index in [1.54, 1.807) is 32.0 Å². The first-order chi connectivity index (χ1) is 11.7. The van der Waals surface area contributed by atoms with Crippen molar-refractivity contribution < 1.29 is 48.9 Å². The zero-order valence-corrected chi connectivity index (χ0v) is 17.7. The molecule has 134 valence electrons. The molecule has 0 aliphatic heterocycles. The minimum absolute atomic E-state index is 0. The van der Waals surface area contributed by atoms with Gasteiger partial charge in [0.15, 0.2) is 0 Å². The summed E-state index contributed by atoms with van der Waals surface area (Å²) in [4.78, 5) is 23.5. The fourth-order valence-corrected chi connectivity index (χ4v) is 3.16. The van der Waals surface area contributed by atoms with Gasteiger partial charge in [-0.3, -0.25) is 5.32 Å². The summed E-state index contributed by atoms with van der Waals surface area (Å²) >= 11 is 0. The molecule has 0 aliphatic rings. The van der Waals surface area contributed by atoms with Crippen molar-refractivity contribution in [2.75, 3.05) is 12.4 Å². The topological polar surface area (TPSA) is 123 Å². The third kappa shape index (κ3) is 5.49. The van der Waals surface area contributed by atoms with E-state index in [-0.39, 0.29) is 47.8 Å². The molecule has 0 saturated carbocycles. The maximum absolute atomic E-state index is 12.5. The Hall–Kier alpha value is -2.01. The van der Waals surface area contributed by atoms with Gasteiger partial charge < -0.3 is 6.16 Å². The normalized spacial score (nSPS) is 10.4. The summed E-state index contributed by atoms with van der Waals surface area (Å²) in [7, 11) is -2.75. The first kappa shape index (κ1) is 22.0. The monoisotopic (exact) mass is 387 g/mol. The third-order valence-corrected chi connectivity index (χ3v) is 4.39. The van der Waals surface area contributed by atoms with Crippen LogP contribution in [0.15, 0.2) is 35.7 Å². The number of rotatable bonds is 5. The average molecular weight is 387 g/mol. The number of allylic oxidation sites excluding steroid dienone is 1. The Morgan fingerprint density at radius 2 is 1.88 bits per heavy atom. The summed E-state index contributed by atoms with van der Waals surface area (Å²) in [5.41, 5.74) is 0.972. The second-order valence-corrected chi connectivity index (χ2v) is 6.68. The summed E-state index contributed by atoms with van der Waals surface area (Å²) in [5.74, 6) is 0.169. The molecule has 2 rings (SSSR count). The summed E-state index contributed by atoms with van der Waals surface area (Å²) in [6.45, 7) is 6.99. The van der Waals surface area contributed by atoms with E-state index in [0.717, 1.165) is 0 Å². The summed E-state index contributed by atoms with van der Waals surface area (Å²) in [6.07, 6.45) is 0. The van der Waals surface area contributed by atoms with E-state index in [4.69, 9.17) is 4.74 Å². The number of nitrogens with zero attached hydrogens (tertiary/aromatic N) is 3.